The highest BCUT2D eigenvalue weighted by Crippen LogP contribution is 2.22. The summed E-state index contributed by atoms with van der Waals surface area (Å²) in [6.07, 6.45) is 3.85. The first-order valence-corrected chi connectivity index (χ1v) is 8.98. The highest BCUT2D eigenvalue weighted by molar-refractivity contribution is 14.1. The van der Waals surface area contributed by atoms with Crippen LogP contribution >= 0.6 is 22.6 Å². The van der Waals surface area contributed by atoms with Crippen molar-refractivity contribution in [1.29, 1.82) is 0 Å². The van der Waals surface area contributed by atoms with Crippen molar-refractivity contribution in [3.8, 4) is 0 Å². The Morgan fingerprint density at radius 1 is 0.913 bits per heavy atom. The van der Waals surface area contributed by atoms with E-state index in [-0.39, 0.29) is 6.03 Å². The van der Waals surface area contributed by atoms with Crippen LogP contribution in [0.25, 0.3) is 0 Å². The topological polar surface area (TPSA) is 44.4 Å². The van der Waals surface area contributed by atoms with Gasteiger partial charge in [0.15, 0.2) is 0 Å². The third kappa shape index (κ3) is 4.37. The van der Waals surface area contributed by atoms with Crippen molar-refractivity contribution >= 4 is 45.7 Å². The van der Waals surface area contributed by atoms with Crippen molar-refractivity contribution in [1.82, 2.24) is 0 Å². The van der Waals surface area contributed by atoms with Gasteiger partial charge in [-0.05, 0) is 78.3 Å². The van der Waals surface area contributed by atoms with E-state index in [1.54, 1.807) is 0 Å². The van der Waals surface area contributed by atoms with Gasteiger partial charge in [-0.3, -0.25) is 0 Å². The predicted octanol–water partition coefficient (Wildman–Crippen LogP) is 4.93. The molecule has 2 amide bonds. The zero-order chi connectivity index (χ0) is 16.1. The summed E-state index contributed by atoms with van der Waals surface area (Å²) in [5.74, 6) is 0. The maximum absolute atomic E-state index is 12.1. The van der Waals surface area contributed by atoms with E-state index in [1.807, 2.05) is 36.4 Å². The largest absolute Gasteiger partial charge is 0.372 e. The number of halogens is 1. The lowest BCUT2D eigenvalue weighted by molar-refractivity contribution is 0.262. The zero-order valence-electron chi connectivity index (χ0n) is 12.9. The molecule has 0 aliphatic carbocycles. The Labute approximate surface area is 150 Å². The fraction of sp³-hybridized carbons (Fsp3) is 0.278. The van der Waals surface area contributed by atoms with Gasteiger partial charge in [-0.25, -0.2) is 4.79 Å². The summed E-state index contributed by atoms with van der Waals surface area (Å²) >= 11 is 2.21. The second-order valence-corrected chi connectivity index (χ2v) is 6.82. The van der Waals surface area contributed by atoms with E-state index in [9.17, 15) is 4.79 Å². The van der Waals surface area contributed by atoms with Crippen LogP contribution in [0.4, 0.5) is 21.9 Å². The van der Waals surface area contributed by atoms with Gasteiger partial charge >= 0.3 is 6.03 Å². The molecule has 0 atom stereocenters. The minimum atomic E-state index is -0.222. The quantitative estimate of drug-likeness (QED) is 0.691. The van der Waals surface area contributed by atoms with E-state index in [2.05, 4.69) is 50.3 Å². The van der Waals surface area contributed by atoms with Crippen LogP contribution < -0.4 is 15.5 Å². The third-order valence-electron chi connectivity index (χ3n) is 3.97. The molecule has 2 N–H and O–H groups in total. The Balaban J connectivity index is 1.59. The fourth-order valence-electron chi connectivity index (χ4n) is 2.75. The number of carbonyl (C=O) groups is 1. The average molecular weight is 421 g/mol. The van der Waals surface area contributed by atoms with Gasteiger partial charge in [0, 0.05) is 28.0 Å². The highest BCUT2D eigenvalue weighted by Gasteiger charge is 2.11. The molecule has 0 radical (unpaired) electrons. The van der Waals surface area contributed by atoms with Crippen LogP contribution in [0, 0.1) is 3.57 Å². The monoisotopic (exact) mass is 421 g/mol. The summed E-state index contributed by atoms with van der Waals surface area (Å²) in [6.45, 7) is 2.25. The first-order valence-electron chi connectivity index (χ1n) is 7.90. The SMILES string of the molecule is O=C(Nc1ccc(N2CCCCC2)cc1)Nc1ccccc1I. The summed E-state index contributed by atoms with van der Waals surface area (Å²) in [5.41, 5.74) is 2.85. The number of carbonyl (C=O) groups excluding carboxylic acids is 1. The fourth-order valence-corrected chi connectivity index (χ4v) is 3.28. The number of hydrogen-bond acceptors (Lipinski definition) is 2. The van der Waals surface area contributed by atoms with Crippen LogP contribution in [0.1, 0.15) is 19.3 Å². The third-order valence-corrected chi connectivity index (χ3v) is 4.91. The molecule has 0 spiro atoms. The lowest BCUT2D eigenvalue weighted by atomic mass is 10.1. The lowest BCUT2D eigenvalue weighted by Crippen LogP contribution is -2.29. The van der Waals surface area contributed by atoms with E-state index in [1.165, 1.54) is 24.9 Å². The van der Waals surface area contributed by atoms with Gasteiger partial charge in [0.05, 0.1) is 5.69 Å². The molecule has 120 valence electrons. The van der Waals surface area contributed by atoms with E-state index < -0.39 is 0 Å². The van der Waals surface area contributed by atoms with Crippen LogP contribution in [-0.2, 0) is 0 Å². The normalized spacial score (nSPS) is 14.4. The molecule has 0 bridgehead atoms. The molecule has 1 aliphatic heterocycles. The van der Waals surface area contributed by atoms with E-state index in [4.69, 9.17) is 0 Å². The molecule has 0 saturated carbocycles. The number of amides is 2. The standard InChI is InChI=1S/C18H20IN3O/c19-16-6-2-3-7-17(16)21-18(23)20-14-8-10-15(11-9-14)22-12-4-1-5-13-22/h2-3,6-11H,1,4-5,12-13H2,(H2,20,21,23). The Morgan fingerprint density at radius 3 is 2.30 bits per heavy atom. The van der Waals surface area contributed by atoms with Crippen LogP contribution in [0.15, 0.2) is 48.5 Å². The Kier molecular flexibility index (Phi) is 5.38. The van der Waals surface area contributed by atoms with Crippen molar-refractivity contribution in [2.45, 2.75) is 19.3 Å². The predicted molar refractivity (Wildman–Crippen MR) is 104 cm³/mol. The molecule has 1 fully saturated rings. The molecule has 4 nitrogen and oxygen atoms in total. The second kappa shape index (κ2) is 7.68. The van der Waals surface area contributed by atoms with Crippen molar-refractivity contribution in [3.05, 3.63) is 52.1 Å². The zero-order valence-corrected chi connectivity index (χ0v) is 15.0. The smallest absolute Gasteiger partial charge is 0.323 e. The molecule has 1 saturated heterocycles. The van der Waals surface area contributed by atoms with Crippen LogP contribution in [0.2, 0.25) is 0 Å². The van der Waals surface area contributed by atoms with Crippen molar-refractivity contribution < 1.29 is 4.79 Å². The molecule has 5 heteroatoms. The maximum atomic E-state index is 12.1. The van der Waals surface area contributed by atoms with Gasteiger partial charge in [0.25, 0.3) is 0 Å². The Bertz CT molecular complexity index is 666. The summed E-state index contributed by atoms with van der Waals surface area (Å²) in [7, 11) is 0. The van der Waals surface area contributed by atoms with Gasteiger partial charge in [0.2, 0.25) is 0 Å². The Hall–Kier alpha value is -1.76. The summed E-state index contributed by atoms with van der Waals surface area (Å²) in [6, 6.07) is 15.6. The van der Waals surface area contributed by atoms with E-state index in [0.29, 0.717) is 0 Å². The number of anilines is 3. The molecule has 0 unspecified atom stereocenters. The highest BCUT2D eigenvalue weighted by atomic mass is 127. The molecule has 0 aromatic heterocycles. The van der Waals surface area contributed by atoms with Crippen molar-refractivity contribution in [3.63, 3.8) is 0 Å². The van der Waals surface area contributed by atoms with Gasteiger partial charge in [-0.15, -0.1) is 0 Å². The van der Waals surface area contributed by atoms with Crippen molar-refractivity contribution in [2.24, 2.45) is 0 Å². The number of hydrogen-bond donors (Lipinski definition) is 2. The molecule has 1 aliphatic rings. The number of rotatable bonds is 3. The second-order valence-electron chi connectivity index (χ2n) is 5.65. The molecule has 2 aromatic carbocycles. The Morgan fingerprint density at radius 2 is 1.61 bits per heavy atom. The lowest BCUT2D eigenvalue weighted by Gasteiger charge is -2.28. The summed E-state index contributed by atoms with van der Waals surface area (Å²) < 4.78 is 1.01. The minimum absolute atomic E-state index is 0.222. The molecule has 23 heavy (non-hydrogen) atoms. The molecular formula is C18H20IN3O. The summed E-state index contributed by atoms with van der Waals surface area (Å²) in [4.78, 5) is 14.5. The number of piperidine rings is 1. The van der Waals surface area contributed by atoms with Gasteiger partial charge < -0.3 is 15.5 Å². The molecule has 3 rings (SSSR count). The molecule has 1 heterocycles. The number of para-hydroxylation sites is 1. The average Bonchev–Trinajstić information content (AvgIpc) is 2.58. The number of urea groups is 1. The molecular weight excluding hydrogens is 401 g/mol. The van der Waals surface area contributed by atoms with E-state index in [0.717, 1.165) is 28.0 Å². The van der Waals surface area contributed by atoms with Crippen molar-refractivity contribution in [2.75, 3.05) is 28.6 Å². The van der Waals surface area contributed by atoms with Gasteiger partial charge in [-0.2, -0.15) is 0 Å². The van der Waals surface area contributed by atoms with Crippen LogP contribution in [0.5, 0.6) is 0 Å². The number of nitrogens with one attached hydrogen (secondary N) is 2. The van der Waals surface area contributed by atoms with E-state index >= 15 is 0 Å². The summed E-state index contributed by atoms with van der Waals surface area (Å²) in [5, 5.41) is 5.74. The van der Waals surface area contributed by atoms with Gasteiger partial charge in [-0.1, -0.05) is 12.1 Å². The number of benzene rings is 2. The van der Waals surface area contributed by atoms with Crippen LogP contribution in [-0.4, -0.2) is 19.1 Å². The van der Waals surface area contributed by atoms with Gasteiger partial charge in [0.1, 0.15) is 0 Å². The van der Waals surface area contributed by atoms with Crippen LogP contribution in [0.3, 0.4) is 0 Å². The first-order chi connectivity index (χ1) is 11.2. The minimum Gasteiger partial charge on any atom is -0.372 e. The number of nitrogens with zero attached hydrogens (tertiary/aromatic N) is 1. The molecule has 2 aromatic rings. The maximum Gasteiger partial charge on any atom is 0.323 e. The first kappa shape index (κ1) is 16.1.